The third kappa shape index (κ3) is 2.69. The van der Waals surface area contributed by atoms with Crippen LogP contribution >= 0.6 is 0 Å². The fourth-order valence-corrected chi connectivity index (χ4v) is 1.03. The summed E-state index contributed by atoms with van der Waals surface area (Å²) < 4.78 is 0. The van der Waals surface area contributed by atoms with Gasteiger partial charge in [-0.1, -0.05) is 0 Å². The van der Waals surface area contributed by atoms with Crippen LogP contribution in [0.15, 0.2) is 0 Å². The summed E-state index contributed by atoms with van der Waals surface area (Å²) in [6.45, 7) is 7.29. The van der Waals surface area contributed by atoms with Crippen LogP contribution in [0.2, 0.25) is 0 Å². The number of rotatable bonds is 3. The van der Waals surface area contributed by atoms with Crippen molar-refractivity contribution in [1.29, 1.82) is 0 Å². The van der Waals surface area contributed by atoms with Gasteiger partial charge < -0.3 is 5.73 Å². The fourth-order valence-electron chi connectivity index (χ4n) is 1.03. The van der Waals surface area contributed by atoms with E-state index in [1.54, 1.807) is 6.92 Å². The van der Waals surface area contributed by atoms with Gasteiger partial charge in [-0.3, -0.25) is 14.7 Å². The van der Waals surface area contributed by atoms with E-state index in [1.165, 1.54) is 0 Å². The third-order valence-corrected chi connectivity index (χ3v) is 1.70. The van der Waals surface area contributed by atoms with Crippen LogP contribution in [0.4, 0.5) is 11.6 Å². The summed E-state index contributed by atoms with van der Waals surface area (Å²) >= 11 is 0. The van der Waals surface area contributed by atoms with Crippen molar-refractivity contribution >= 4 is 18.0 Å². The zero-order valence-corrected chi connectivity index (χ0v) is 9.37. The molecule has 1 heterocycles. The molecule has 0 fully saturated rings. The Labute approximate surface area is 88.3 Å². The summed E-state index contributed by atoms with van der Waals surface area (Å²) in [4.78, 5) is 16.2. The summed E-state index contributed by atoms with van der Waals surface area (Å²) in [6.07, 6.45) is 0.563. The van der Waals surface area contributed by atoms with E-state index in [0.717, 1.165) is 5.06 Å². The molecule has 0 aliphatic heterocycles. The van der Waals surface area contributed by atoms with Crippen molar-refractivity contribution in [1.82, 2.24) is 10.2 Å². The number of H-pyrrole nitrogens is 1. The van der Waals surface area contributed by atoms with Gasteiger partial charge in [-0.05, 0) is 27.7 Å². The quantitative estimate of drug-likeness (QED) is 0.578. The molecule has 1 rings (SSSR count). The Bertz CT molecular complexity index is 353. The van der Waals surface area contributed by atoms with Crippen LogP contribution in [-0.4, -0.2) is 22.2 Å². The van der Waals surface area contributed by atoms with Crippen molar-refractivity contribution < 1.29 is 9.63 Å². The molecular weight excluding hydrogens is 196 g/mol. The molecule has 0 saturated carbocycles. The zero-order valence-electron chi connectivity index (χ0n) is 9.37. The minimum absolute atomic E-state index is 0.387. The van der Waals surface area contributed by atoms with Gasteiger partial charge in [0, 0.05) is 5.56 Å². The van der Waals surface area contributed by atoms with Gasteiger partial charge in [0.1, 0.15) is 5.82 Å². The molecule has 3 N–H and O–H groups in total. The van der Waals surface area contributed by atoms with Crippen LogP contribution in [-0.2, 0) is 9.63 Å². The second kappa shape index (κ2) is 3.90. The van der Waals surface area contributed by atoms with E-state index in [2.05, 4.69) is 10.2 Å². The van der Waals surface area contributed by atoms with Gasteiger partial charge >= 0.3 is 0 Å². The Balaban J connectivity index is 2.93. The van der Waals surface area contributed by atoms with Gasteiger partial charge in [-0.2, -0.15) is 10.2 Å². The molecule has 0 spiro atoms. The van der Waals surface area contributed by atoms with Gasteiger partial charge in [0.25, 0.3) is 0 Å². The third-order valence-electron chi connectivity index (χ3n) is 1.70. The molecule has 1 amide bonds. The predicted molar refractivity (Wildman–Crippen MR) is 57.1 cm³/mol. The van der Waals surface area contributed by atoms with Crippen LogP contribution in [0.3, 0.4) is 0 Å². The lowest BCUT2D eigenvalue weighted by Crippen LogP contribution is -2.33. The average Bonchev–Trinajstić information content (AvgIpc) is 2.43. The number of nitrogens with one attached hydrogen (secondary N) is 1. The monoisotopic (exact) mass is 212 g/mol. The molecule has 6 heteroatoms. The number of aromatic nitrogens is 2. The lowest BCUT2D eigenvalue weighted by Gasteiger charge is -2.25. The number of hydroxylamine groups is 1. The first kappa shape index (κ1) is 11.5. The lowest BCUT2D eigenvalue weighted by atomic mass is 10.2. The number of nitrogens with zero attached hydrogens (tertiary/aromatic N) is 2. The first-order valence-corrected chi connectivity index (χ1v) is 4.59. The number of carbonyl (C=O) groups is 1. The minimum Gasteiger partial charge on any atom is -0.384 e. The van der Waals surface area contributed by atoms with E-state index in [9.17, 15) is 4.79 Å². The Kier molecular flexibility index (Phi) is 2.99. The molecular formula is C9H16N4O2. The van der Waals surface area contributed by atoms with E-state index >= 15 is 0 Å². The van der Waals surface area contributed by atoms with E-state index in [1.807, 2.05) is 20.8 Å². The molecule has 0 unspecified atom stereocenters. The van der Waals surface area contributed by atoms with Gasteiger partial charge in [0.05, 0.1) is 5.60 Å². The number of carbonyl (C=O) groups excluding carboxylic acids is 1. The number of hydrogen-bond acceptors (Lipinski definition) is 4. The molecule has 84 valence electrons. The summed E-state index contributed by atoms with van der Waals surface area (Å²) in [5.41, 5.74) is 5.80. The number of nitrogen functional groups attached to an aromatic ring is 1. The Morgan fingerprint density at radius 1 is 1.53 bits per heavy atom. The molecule has 0 aromatic carbocycles. The van der Waals surface area contributed by atoms with Crippen molar-refractivity contribution in [2.24, 2.45) is 0 Å². The van der Waals surface area contributed by atoms with Crippen LogP contribution in [0.5, 0.6) is 0 Å². The van der Waals surface area contributed by atoms with Crippen molar-refractivity contribution in [3.05, 3.63) is 5.56 Å². The first-order valence-electron chi connectivity index (χ1n) is 4.59. The molecule has 0 aliphatic carbocycles. The highest BCUT2D eigenvalue weighted by molar-refractivity contribution is 5.73. The maximum Gasteiger partial charge on any atom is 0.239 e. The van der Waals surface area contributed by atoms with Crippen molar-refractivity contribution in [2.45, 2.75) is 33.3 Å². The molecule has 6 nitrogen and oxygen atoms in total. The lowest BCUT2D eigenvalue weighted by molar-refractivity contribution is -0.120. The van der Waals surface area contributed by atoms with E-state index in [0.29, 0.717) is 23.6 Å². The molecule has 15 heavy (non-hydrogen) atoms. The summed E-state index contributed by atoms with van der Waals surface area (Å²) in [7, 11) is 0. The first-order chi connectivity index (χ1) is 6.85. The highest BCUT2D eigenvalue weighted by atomic mass is 16.7. The number of nitrogens with two attached hydrogens (primary N) is 1. The number of hydrogen-bond donors (Lipinski definition) is 2. The molecule has 0 atom stereocenters. The predicted octanol–water partition coefficient (Wildman–Crippen LogP) is 0.993. The molecule has 0 saturated heterocycles. The highest BCUT2D eigenvalue weighted by Gasteiger charge is 2.21. The molecule has 1 aromatic heterocycles. The fraction of sp³-hybridized carbons (Fsp3) is 0.556. The second-order valence-corrected chi connectivity index (χ2v) is 4.22. The van der Waals surface area contributed by atoms with Crippen molar-refractivity contribution in [3.8, 4) is 0 Å². The van der Waals surface area contributed by atoms with E-state index in [-0.39, 0.29) is 0 Å². The summed E-state index contributed by atoms with van der Waals surface area (Å²) in [5.74, 6) is 0.812. The normalized spacial score (nSPS) is 11.5. The molecule has 0 radical (unpaired) electrons. The van der Waals surface area contributed by atoms with Gasteiger partial charge in [0.15, 0.2) is 5.82 Å². The SMILES string of the molecule is Cc1c(N(C=O)OC(C)(C)C)n[nH]c1N. The zero-order chi connectivity index (χ0) is 11.6. The maximum atomic E-state index is 10.9. The standard InChI is InChI=1S/C9H16N4O2/c1-6-7(10)11-12-8(6)13(5-14)15-9(2,3)4/h5H,1-4H3,(H3,10,11,12). The second-order valence-electron chi connectivity index (χ2n) is 4.22. The number of aromatic amines is 1. The largest absolute Gasteiger partial charge is 0.384 e. The molecule has 1 aromatic rings. The van der Waals surface area contributed by atoms with E-state index in [4.69, 9.17) is 10.6 Å². The van der Waals surface area contributed by atoms with Crippen molar-refractivity contribution in [3.63, 3.8) is 0 Å². The minimum atomic E-state index is -0.471. The Morgan fingerprint density at radius 3 is 2.47 bits per heavy atom. The average molecular weight is 212 g/mol. The van der Waals surface area contributed by atoms with E-state index < -0.39 is 5.60 Å². The number of amides is 1. The van der Waals surface area contributed by atoms with Crippen molar-refractivity contribution in [2.75, 3.05) is 10.8 Å². The Hall–Kier alpha value is -1.56. The highest BCUT2D eigenvalue weighted by Crippen LogP contribution is 2.22. The van der Waals surface area contributed by atoms with Gasteiger partial charge in [-0.15, -0.1) is 0 Å². The molecule has 0 aliphatic rings. The van der Waals surface area contributed by atoms with Gasteiger partial charge in [0.2, 0.25) is 6.41 Å². The summed E-state index contributed by atoms with van der Waals surface area (Å²) in [5, 5.41) is 7.55. The smallest absolute Gasteiger partial charge is 0.239 e. The van der Waals surface area contributed by atoms with Crippen LogP contribution in [0.1, 0.15) is 26.3 Å². The number of anilines is 2. The maximum absolute atomic E-state index is 10.9. The van der Waals surface area contributed by atoms with Crippen LogP contribution < -0.4 is 10.8 Å². The Morgan fingerprint density at radius 2 is 2.13 bits per heavy atom. The molecule has 0 bridgehead atoms. The van der Waals surface area contributed by atoms with Crippen LogP contribution in [0, 0.1) is 6.92 Å². The summed E-state index contributed by atoms with van der Waals surface area (Å²) in [6, 6.07) is 0. The van der Waals surface area contributed by atoms with Crippen LogP contribution in [0.25, 0.3) is 0 Å². The topological polar surface area (TPSA) is 84.2 Å². The van der Waals surface area contributed by atoms with Gasteiger partial charge in [-0.25, -0.2) is 0 Å².